The van der Waals surface area contributed by atoms with Gasteiger partial charge in [-0.15, -0.1) is 0 Å². The Bertz CT molecular complexity index is 1240. The van der Waals surface area contributed by atoms with Crippen LogP contribution in [-0.2, 0) is 9.53 Å². The number of amides is 2. The fraction of sp³-hybridized carbons (Fsp3) is 0.185. The molecule has 0 saturated carbocycles. The van der Waals surface area contributed by atoms with Gasteiger partial charge < -0.3 is 19.8 Å². The molecule has 0 bridgehead atoms. The van der Waals surface area contributed by atoms with Crippen molar-refractivity contribution in [1.82, 2.24) is 5.32 Å². The van der Waals surface area contributed by atoms with E-state index in [1.165, 1.54) is 0 Å². The highest BCUT2D eigenvalue weighted by Gasteiger charge is 2.24. The molecule has 0 spiro atoms. The van der Waals surface area contributed by atoms with E-state index in [1.54, 1.807) is 24.3 Å². The SMILES string of the molecule is O=C(NC(c1ccccc1)c1cc2ccccc2o1)c1cccc(NC(=O)C2CCCO2)c1. The number of furan rings is 1. The van der Waals surface area contributed by atoms with Crippen LogP contribution in [-0.4, -0.2) is 24.5 Å². The molecule has 1 aliphatic heterocycles. The van der Waals surface area contributed by atoms with Crippen molar-refractivity contribution >= 4 is 28.5 Å². The van der Waals surface area contributed by atoms with Crippen LogP contribution >= 0.6 is 0 Å². The van der Waals surface area contributed by atoms with E-state index in [0.29, 0.717) is 30.0 Å². The first kappa shape index (κ1) is 21.0. The molecule has 1 saturated heterocycles. The smallest absolute Gasteiger partial charge is 0.253 e. The van der Waals surface area contributed by atoms with E-state index in [2.05, 4.69) is 10.6 Å². The van der Waals surface area contributed by atoms with Crippen LogP contribution in [0.4, 0.5) is 5.69 Å². The molecule has 4 aromatic rings. The average Bonchev–Trinajstić information content (AvgIpc) is 3.53. The molecule has 2 N–H and O–H groups in total. The molecule has 2 amide bonds. The zero-order valence-corrected chi connectivity index (χ0v) is 18.0. The third kappa shape index (κ3) is 4.66. The Morgan fingerprint density at radius 2 is 1.73 bits per heavy atom. The highest BCUT2D eigenvalue weighted by atomic mass is 16.5. The van der Waals surface area contributed by atoms with Crippen molar-refractivity contribution in [3.63, 3.8) is 0 Å². The highest BCUT2D eigenvalue weighted by molar-refractivity contribution is 5.98. The molecule has 2 unspecified atom stereocenters. The van der Waals surface area contributed by atoms with Gasteiger partial charge in [0, 0.05) is 23.2 Å². The second kappa shape index (κ2) is 9.30. The maximum atomic E-state index is 13.2. The van der Waals surface area contributed by atoms with Gasteiger partial charge in [0.2, 0.25) is 0 Å². The normalized spacial score (nSPS) is 16.4. The van der Waals surface area contributed by atoms with Crippen molar-refractivity contribution in [3.05, 3.63) is 102 Å². The quantitative estimate of drug-likeness (QED) is 0.439. The molecule has 3 aromatic carbocycles. The third-order valence-electron chi connectivity index (χ3n) is 5.75. The van der Waals surface area contributed by atoms with Crippen LogP contribution in [0.25, 0.3) is 11.0 Å². The van der Waals surface area contributed by atoms with Gasteiger partial charge in [0.1, 0.15) is 23.5 Å². The van der Waals surface area contributed by atoms with Gasteiger partial charge in [-0.2, -0.15) is 0 Å². The fourth-order valence-corrected chi connectivity index (χ4v) is 4.07. The van der Waals surface area contributed by atoms with Gasteiger partial charge in [0.05, 0.1) is 0 Å². The molecule has 2 atom stereocenters. The molecular formula is C27H24N2O4. The molecule has 5 rings (SSSR count). The third-order valence-corrected chi connectivity index (χ3v) is 5.75. The van der Waals surface area contributed by atoms with E-state index in [0.717, 1.165) is 23.0 Å². The predicted octanol–water partition coefficient (Wildman–Crippen LogP) is 5.07. The molecule has 33 heavy (non-hydrogen) atoms. The number of fused-ring (bicyclic) bond motifs is 1. The number of anilines is 1. The van der Waals surface area contributed by atoms with Crippen molar-refractivity contribution in [2.45, 2.75) is 25.0 Å². The molecule has 0 aliphatic carbocycles. The fourth-order valence-electron chi connectivity index (χ4n) is 4.07. The van der Waals surface area contributed by atoms with Crippen LogP contribution in [0, 0.1) is 0 Å². The molecule has 0 radical (unpaired) electrons. The summed E-state index contributed by atoms with van der Waals surface area (Å²) in [4.78, 5) is 25.6. The van der Waals surface area contributed by atoms with Crippen LogP contribution in [0.1, 0.15) is 40.6 Å². The molecular weight excluding hydrogens is 416 g/mol. The molecule has 1 aliphatic rings. The zero-order valence-electron chi connectivity index (χ0n) is 18.0. The number of nitrogens with one attached hydrogen (secondary N) is 2. The molecule has 1 aromatic heterocycles. The summed E-state index contributed by atoms with van der Waals surface area (Å²) in [7, 11) is 0. The summed E-state index contributed by atoms with van der Waals surface area (Å²) < 4.78 is 11.5. The summed E-state index contributed by atoms with van der Waals surface area (Å²) in [5.41, 5.74) is 2.68. The lowest BCUT2D eigenvalue weighted by molar-refractivity contribution is -0.124. The van der Waals surface area contributed by atoms with Crippen LogP contribution in [0.5, 0.6) is 0 Å². The Morgan fingerprint density at radius 1 is 0.909 bits per heavy atom. The van der Waals surface area contributed by atoms with Crippen molar-refractivity contribution < 1.29 is 18.7 Å². The van der Waals surface area contributed by atoms with Crippen LogP contribution in [0.15, 0.2) is 89.3 Å². The number of ether oxygens (including phenoxy) is 1. The number of para-hydroxylation sites is 1. The molecule has 6 nitrogen and oxygen atoms in total. The Hall–Kier alpha value is -3.90. The van der Waals surface area contributed by atoms with E-state index in [4.69, 9.17) is 9.15 Å². The summed E-state index contributed by atoms with van der Waals surface area (Å²) in [6, 6.07) is 25.8. The highest BCUT2D eigenvalue weighted by Crippen LogP contribution is 2.29. The van der Waals surface area contributed by atoms with Gasteiger partial charge in [-0.25, -0.2) is 0 Å². The number of rotatable bonds is 6. The van der Waals surface area contributed by atoms with E-state index in [1.807, 2.05) is 60.7 Å². The summed E-state index contributed by atoms with van der Waals surface area (Å²) in [6.45, 7) is 0.600. The van der Waals surface area contributed by atoms with E-state index < -0.39 is 12.1 Å². The molecule has 2 heterocycles. The summed E-state index contributed by atoms with van der Waals surface area (Å²) in [5.74, 6) is 0.200. The summed E-state index contributed by atoms with van der Waals surface area (Å²) in [5, 5.41) is 6.92. The first-order chi connectivity index (χ1) is 16.2. The molecule has 1 fully saturated rings. The van der Waals surface area contributed by atoms with Crippen LogP contribution in [0.2, 0.25) is 0 Å². The monoisotopic (exact) mass is 440 g/mol. The van der Waals surface area contributed by atoms with Crippen molar-refractivity contribution in [3.8, 4) is 0 Å². The van der Waals surface area contributed by atoms with E-state index in [9.17, 15) is 9.59 Å². The summed E-state index contributed by atoms with van der Waals surface area (Å²) >= 11 is 0. The lowest BCUT2D eigenvalue weighted by Crippen LogP contribution is -2.29. The molecule has 6 heteroatoms. The minimum absolute atomic E-state index is 0.186. The minimum Gasteiger partial charge on any atom is -0.459 e. The topological polar surface area (TPSA) is 80.6 Å². The van der Waals surface area contributed by atoms with Crippen molar-refractivity contribution in [2.24, 2.45) is 0 Å². The second-order valence-corrected chi connectivity index (χ2v) is 8.08. The largest absolute Gasteiger partial charge is 0.459 e. The van der Waals surface area contributed by atoms with Crippen LogP contribution in [0.3, 0.4) is 0 Å². The minimum atomic E-state index is -0.462. The lowest BCUT2D eigenvalue weighted by atomic mass is 10.0. The number of benzene rings is 3. The van der Waals surface area contributed by atoms with Crippen molar-refractivity contribution in [2.75, 3.05) is 11.9 Å². The number of hydrogen-bond donors (Lipinski definition) is 2. The Kier molecular flexibility index (Phi) is 5.91. The molecule has 166 valence electrons. The van der Waals surface area contributed by atoms with E-state index >= 15 is 0 Å². The van der Waals surface area contributed by atoms with Gasteiger partial charge >= 0.3 is 0 Å². The predicted molar refractivity (Wildman–Crippen MR) is 126 cm³/mol. The average molecular weight is 440 g/mol. The van der Waals surface area contributed by atoms with Gasteiger partial charge in [-0.05, 0) is 48.7 Å². The maximum Gasteiger partial charge on any atom is 0.253 e. The first-order valence-corrected chi connectivity index (χ1v) is 11.0. The first-order valence-electron chi connectivity index (χ1n) is 11.0. The van der Waals surface area contributed by atoms with Crippen molar-refractivity contribution in [1.29, 1.82) is 0 Å². The Balaban J connectivity index is 1.39. The lowest BCUT2D eigenvalue weighted by Gasteiger charge is -2.18. The van der Waals surface area contributed by atoms with E-state index in [-0.39, 0.29) is 11.8 Å². The van der Waals surface area contributed by atoms with Crippen LogP contribution < -0.4 is 10.6 Å². The number of carbonyl (C=O) groups excluding carboxylic acids is 2. The standard InChI is InChI=1S/C27H24N2O4/c30-26(20-11-6-12-21(16-20)28-27(31)23-14-7-15-32-23)29-25(18-8-2-1-3-9-18)24-17-19-10-4-5-13-22(19)33-24/h1-6,8-13,16-17,23,25H,7,14-15H2,(H,28,31)(H,29,30). The van der Waals surface area contributed by atoms with Gasteiger partial charge in [-0.1, -0.05) is 54.6 Å². The van der Waals surface area contributed by atoms with Gasteiger partial charge in [0.15, 0.2) is 0 Å². The Morgan fingerprint density at radius 3 is 2.52 bits per heavy atom. The van der Waals surface area contributed by atoms with Gasteiger partial charge in [-0.3, -0.25) is 9.59 Å². The summed E-state index contributed by atoms with van der Waals surface area (Å²) in [6.07, 6.45) is 1.16. The van der Waals surface area contributed by atoms with Gasteiger partial charge in [0.25, 0.3) is 11.8 Å². The zero-order chi connectivity index (χ0) is 22.6. The number of carbonyl (C=O) groups is 2. The Labute approximate surface area is 191 Å². The number of hydrogen-bond acceptors (Lipinski definition) is 4. The second-order valence-electron chi connectivity index (χ2n) is 8.08. The maximum absolute atomic E-state index is 13.2.